The molecule has 0 bridgehead atoms. The minimum atomic E-state index is -0.731. The van der Waals surface area contributed by atoms with E-state index in [0.717, 1.165) is 0 Å². The topological polar surface area (TPSA) is 72.6 Å². The van der Waals surface area contributed by atoms with Crippen molar-refractivity contribution >= 4 is 12.0 Å². The number of piperidine rings is 1. The molecule has 5 heteroatoms. The van der Waals surface area contributed by atoms with Crippen LogP contribution < -0.4 is 5.73 Å². The van der Waals surface area contributed by atoms with Crippen LogP contribution in [0.3, 0.4) is 0 Å². The van der Waals surface area contributed by atoms with Gasteiger partial charge in [-0.3, -0.25) is 4.79 Å². The number of primary amides is 1. The second-order valence-electron chi connectivity index (χ2n) is 3.37. The first-order chi connectivity index (χ1) is 6.63. The Hall–Kier alpha value is -1.26. The van der Waals surface area contributed by atoms with Crippen molar-refractivity contribution in [2.24, 2.45) is 5.73 Å². The third-order valence-electron chi connectivity index (χ3n) is 2.38. The number of nitrogens with zero attached hydrogens (tertiary/aromatic N) is 1. The average Bonchev–Trinajstić information content (AvgIpc) is 2.17. The largest absolute Gasteiger partial charge is 0.446 e. The molecule has 1 fully saturated rings. The molecule has 0 unspecified atom stereocenters. The maximum atomic E-state index is 11.3. The highest BCUT2D eigenvalue weighted by Gasteiger charge is 2.23. The van der Waals surface area contributed by atoms with Crippen LogP contribution in [0.1, 0.15) is 26.2 Å². The summed E-state index contributed by atoms with van der Waals surface area (Å²) in [6.07, 6.45) is 1.06. The van der Waals surface area contributed by atoms with Crippen LogP contribution in [0.2, 0.25) is 0 Å². The molecule has 0 radical (unpaired) electrons. The second kappa shape index (κ2) is 4.83. The summed E-state index contributed by atoms with van der Waals surface area (Å²) in [5.74, 6) is 0.155. The van der Waals surface area contributed by atoms with E-state index in [1.807, 2.05) is 6.92 Å². The van der Waals surface area contributed by atoms with Crippen LogP contribution in [0.5, 0.6) is 0 Å². The quantitative estimate of drug-likeness (QED) is 0.704. The molecule has 0 aromatic rings. The van der Waals surface area contributed by atoms with Gasteiger partial charge in [-0.2, -0.15) is 0 Å². The molecule has 2 N–H and O–H groups in total. The van der Waals surface area contributed by atoms with Gasteiger partial charge in [0.1, 0.15) is 6.10 Å². The van der Waals surface area contributed by atoms with Crippen LogP contribution in [0.25, 0.3) is 0 Å². The Morgan fingerprint density at radius 3 is 2.43 bits per heavy atom. The molecule has 0 atom stereocenters. The number of carbonyl (C=O) groups is 2. The number of rotatable bonds is 2. The van der Waals surface area contributed by atoms with Gasteiger partial charge < -0.3 is 15.4 Å². The molecule has 1 heterocycles. The van der Waals surface area contributed by atoms with Crippen LogP contribution in [-0.2, 0) is 9.53 Å². The van der Waals surface area contributed by atoms with Crippen molar-refractivity contribution in [3.63, 3.8) is 0 Å². The average molecular weight is 200 g/mol. The van der Waals surface area contributed by atoms with Gasteiger partial charge in [0.15, 0.2) is 0 Å². The fraction of sp³-hybridized carbons (Fsp3) is 0.778. The van der Waals surface area contributed by atoms with Crippen LogP contribution in [0.4, 0.5) is 4.79 Å². The Bertz CT molecular complexity index is 222. The lowest BCUT2D eigenvalue weighted by Gasteiger charge is -2.31. The molecular weight excluding hydrogens is 184 g/mol. The predicted molar refractivity (Wildman–Crippen MR) is 50.6 cm³/mol. The number of amides is 2. The summed E-state index contributed by atoms with van der Waals surface area (Å²) in [5, 5.41) is 0. The van der Waals surface area contributed by atoms with Crippen molar-refractivity contribution in [1.82, 2.24) is 4.90 Å². The predicted octanol–water partition coefficient (Wildman–Crippen LogP) is 0.483. The van der Waals surface area contributed by atoms with Crippen LogP contribution in [-0.4, -0.2) is 36.1 Å². The number of likely N-dealkylation sites (tertiary alicyclic amines) is 1. The Labute approximate surface area is 83.2 Å². The number of hydrogen-bond acceptors (Lipinski definition) is 3. The monoisotopic (exact) mass is 200 g/mol. The first kappa shape index (κ1) is 10.8. The van der Waals surface area contributed by atoms with Gasteiger partial charge in [-0.1, -0.05) is 6.92 Å². The SMILES string of the molecule is CCC(=O)N1CCC(OC(N)=O)CC1. The molecule has 0 saturated carbocycles. The molecule has 0 aromatic carbocycles. The van der Waals surface area contributed by atoms with Crippen molar-refractivity contribution in [3.8, 4) is 0 Å². The normalized spacial score (nSPS) is 17.9. The summed E-state index contributed by atoms with van der Waals surface area (Å²) < 4.78 is 4.85. The van der Waals surface area contributed by atoms with Crippen LogP contribution in [0.15, 0.2) is 0 Å². The van der Waals surface area contributed by atoms with E-state index >= 15 is 0 Å². The molecule has 1 aliphatic rings. The maximum absolute atomic E-state index is 11.3. The van der Waals surface area contributed by atoms with E-state index in [1.54, 1.807) is 4.90 Å². The van der Waals surface area contributed by atoms with E-state index in [-0.39, 0.29) is 12.0 Å². The van der Waals surface area contributed by atoms with Gasteiger partial charge in [0.05, 0.1) is 0 Å². The van der Waals surface area contributed by atoms with E-state index in [0.29, 0.717) is 32.4 Å². The first-order valence-electron chi connectivity index (χ1n) is 4.87. The molecule has 1 saturated heterocycles. The third-order valence-corrected chi connectivity index (χ3v) is 2.38. The number of carbonyl (C=O) groups excluding carboxylic acids is 2. The van der Waals surface area contributed by atoms with Crippen molar-refractivity contribution < 1.29 is 14.3 Å². The van der Waals surface area contributed by atoms with Crippen LogP contribution >= 0.6 is 0 Å². The zero-order valence-electron chi connectivity index (χ0n) is 8.36. The van der Waals surface area contributed by atoms with E-state index in [2.05, 4.69) is 0 Å². The fourth-order valence-corrected chi connectivity index (χ4v) is 1.61. The van der Waals surface area contributed by atoms with Crippen molar-refractivity contribution in [1.29, 1.82) is 0 Å². The maximum Gasteiger partial charge on any atom is 0.404 e. The van der Waals surface area contributed by atoms with E-state index in [1.165, 1.54) is 0 Å². The second-order valence-corrected chi connectivity index (χ2v) is 3.37. The molecule has 14 heavy (non-hydrogen) atoms. The first-order valence-corrected chi connectivity index (χ1v) is 4.87. The van der Waals surface area contributed by atoms with Gasteiger partial charge in [0, 0.05) is 32.4 Å². The molecule has 2 amide bonds. The Morgan fingerprint density at radius 2 is 2.00 bits per heavy atom. The number of hydrogen-bond donors (Lipinski definition) is 1. The lowest BCUT2D eigenvalue weighted by Crippen LogP contribution is -2.41. The zero-order valence-corrected chi connectivity index (χ0v) is 8.36. The minimum absolute atomic E-state index is 0.117. The lowest BCUT2D eigenvalue weighted by molar-refractivity contribution is -0.132. The molecule has 80 valence electrons. The molecule has 0 aromatic heterocycles. The Balaban J connectivity index is 2.31. The third kappa shape index (κ3) is 2.90. The van der Waals surface area contributed by atoms with E-state index in [4.69, 9.17) is 10.5 Å². The molecule has 0 aliphatic carbocycles. The molecule has 0 spiro atoms. The Kier molecular flexibility index (Phi) is 3.73. The molecular formula is C9H16N2O3. The van der Waals surface area contributed by atoms with Gasteiger partial charge in [0.2, 0.25) is 5.91 Å². The summed E-state index contributed by atoms with van der Waals surface area (Å²) >= 11 is 0. The highest BCUT2D eigenvalue weighted by molar-refractivity contribution is 5.75. The Morgan fingerprint density at radius 1 is 1.43 bits per heavy atom. The molecule has 5 nitrogen and oxygen atoms in total. The molecule has 1 aliphatic heterocycles. The van der Waals surface area contributed by atoms with Gasteiger partial charge in [0.25, 0.3) is 0 Å². The van der Waals surface area contributed by atoms with Crippen molar-refractivity contribution in [3.05, 3.63) is 0 Å². The number of nitrogens with two attached hydrogens (primary N) is 1. The fourth-order valence-electron chi connectivity index (χ4n) is 1.61. The van der Waals surface area contributed by atoms with Crippen LogP contribution in [0, 0.1) is 0 Å². The van der Waals surface area contributed by atoms with Gasteiger partial charge in [-0.15, -0.1) is 0 Å². The standard InChI is InChI=1S/C9H16N2O3/c1-2-8(12)11-5-3-7(4-6-11)14-9(10)13/h7H,2-6H2,1H3,(H2,10,13). The van der Waals surface area contributed by atoms with E-state index in [9.17, 15) is 9.59 Å². The summed E-state index contributed by atoms with van der Waals surface area (Å²) in [5.41, 5.74) is 4.90. The van der Waals surface area contributed by atoms with Gasteiger partial charge in [-0.25, -0.2) is 4.79 Å². The summed E-state index contributed by atoms with van der Waals surface area (Å²) in [4.78, 5) is 23.5. The number of ether oxygens (including phenoxy) is 1. The zero-order chi connectivity index (χ0) is 10.6. The molecule has 1 rings (SSSR count). The highest BCUT2D eigenvalue weighted by Crippen LogP contribution is 2.14. The van der Waals surface area contributed by atoms with Gasteiger partial charge in [-0.05, 0) is 0 Å². The summed E-state index contributed by atoms with van der Waals surface area (Å²) in [7, 11) is 0. The van der Waals surface area contributed by atoms with E-state index < -0.39 is 6.09 Å². The van der Waals surface area contributed by atoms with Gasteiger partial charge >= 0.3 is 6.09 Å². The lowest BCUT2D eigenvalue weighted by atomic mass is 10.1. The van der Waals surface area contributed by atoms with Crippen molar-refractivity contribution in [2.75, 3.05) is 13.1 Å². The smallest absolute Gasteiger partial charge is 0.404 e. The summed E-state index contributed by atoms with van der Waals surface area (Å²) in [6.45, 7) is 3.16. The minimum Gasteiger partial charge on any atom is -0.446 e. The highest BCUT2D eigenvalue weighted by atomic mass is 16.6. The summed E-state index contributed by atoms with van der Waals surface area (Å²) in [6, 6.07) is 0. The van der Waals surface area contributed by atoms with Crippen molar-refractivity contribution in [2.45, 2.75) is 32.3 Å².